The molecule has 1 atom stereocenters. The largest absolute Gasteiger partial charge is 0.391 e. The summed E-state index contributed by atoms with van der Waals surface area (Å²) in [6, 6.07) is 6.07. The van der Waals surface area contributed by atoms with Crippen LogP contribution in [0.4, 0.5) is 0 Å². The molecule has 0 radical (unpaired) electrons. The number of aliphatic hydroxyl groups excluding tert-OH is 1. The summed E-state index contributed by atoms with van der Waals surface area (Å²) in [6.07, 6.45) is -0.522. The third-order valence-electron chi connectivity index (χ3n) is 3.68. The zero-order valence-electron chi connectivity index (χ0n) is 12.4. The van der Waals surface area contributed by atoms with Crippen molar-refractivity contribution in [1.29, 1.82) is 0 Å². The summed E-state index contributed by atoms with van der Waals surface area (Å²) >= 11 is 0. The van der Waals surface area contributed by atoms with Crippen molar-refractivity contribution in [2.24, 2.45) is 5.92 Å². The summed E-state index contributed by atoms with van der Waals surface area (Å²) in [7, 11) is 0. The van der Waals surface area contributed by atoms with Crippen LogP contribution in [-0.4, -0.2) is 28.6 Å². The van der Waals surface area contributed by atoms with Crippen molar-refractivity contribution in [3.05, 3.63) is 35.0 Å². The van der Waals surface area contributed by atoms with E-state index in [0.29, 0.717) is 5.69 Å². The Hall–Kier alpha value is -1.81. The van der Waals surface area contributed by atoms with Gasteiger partial charge in [0.25, 0.3) is 5.91 Å². The minimum absolute atomic E-state index is 0.127. The molecule has 1 heterocycles. The highest BCUT2D eigenvalue weighted by molar-refractivity contribution is 6.01. The van der Waals surface area contributed by atoms with Gasteiger partial charge in [-0.25, -0.2) is 0 Å². The Morgan fingerprint density at radius 1 is 1.35 bits per heavy atom. The van der Waals surface area contributed by atoms with Crippen molar-refractivity contribution in [2.75, 3.05) is 6.54 Å². The number of rotatable bonds is 4. The molecule has 0 saturated carbocycles. The van der Waals surface area contributed by atoms with Gasteiger partial charge in [0.15, 0.2) is 0 Å². The van der Waals surface area contributed by atoms with Crippen molar-refractivity contribution in [2.45, 2.75) is 33.8 Å². The van der Waals surface area contributed by atoms with Gasteiger partial charge in [-0.05, 0) is 37.5 Å². The molecule has 3 N–H and O–H groups in total. The Balaban J connectivity index is 2.20. The molecule has 2 rings (SSSR count). The predicted octanol–water partition coefficient (Wildman–Crippen LogP) is 2.53. The number of nitrogens with one attached hydrogen (secondary N) is 2. The molecule has 1 unspecified atom stereocenters. The standard InChI is InChI=1S/C16H22N2O2/c1-9(2)14(19)8-17-16(20)15-11(4)12-7-10(3)5-6-13(12)18-15/h5-7,9,14,18-19H,8H2,1-4H3,(H,17,20). The summed E-state index contributed by atoms with van der Waals surface area (Å²) in [5, 5.41) is 13.6. The van der Waals surface area contributed by atoms with Gasteiger partial charge in [-0.1, -0.05) is 25.5 Å². The van der Waals surface area contributed by atoms with E-state index in [1.165, 1.54) is 5.56 Å². The molecule has 20 heavy (non-hydrogen) atoms. The molecule has 0 spiro atoms. The van der Waals surface area contributed by atoms with Crippen LogP contribution in [0.25, 0.3) is 10.9 Å². The number of carbonyl (C=O) groups excluding carboxylic acids is 1. The SMILES string of the molecule is Cc1ccc2[nH]c(C(=O)NCC(O)C(C)C)c(C)c2c1. The van der Waals surface area contributed by atoms with Crippen LogP contribution in [0.2, 0.25) is 0 Å². The lowest BCUT2D eigenvalue weighted by atomic mass is 10.1. The van der Waals surface area contributed by atoms with E-state index >= 15 is 0 Å². The van der Waals surface area contributed by atoms with Gasteiger partial charge in [0, 0.05) is 17.4 Å². The lowest BCUT2D eigenvalue weighted by molar-refractivity contribution is 0.0867. The monoisotopic (exact) mass is 274 g/mol. The Bertz CT molecular complexity index is 629. The van der Waals surface area contributed by atoms with Gasteiger partial charge < -0.3 is 15.4 Å². The molecule has 4 heteroatoms. The number of hydrogen-bond acceptors (Lipinski definition) is 2. The first-order chi connectivity index (χ1) is 9.40. The van der Waals surface area contributed by atoms with E-state index in [1.54, 1.807) is 0 Å². The van der Waals surface area contributed by atoms with E-state index in [0.717, 1.165) is 16.5 Å². The molecule has 1 aromatic carbocycles. The van der Waals surface area contributed by atoms with Crippen molar-refractivity contribution >= 4 is 16.8 Å². The number of benzene rings is 1. The maximum Gasteiger partial charge on any atom is 0.268 e. The average molecular weight is 274 g/mol. The van der Waals surface area contributed by atoms with Crippen LogP contribution < -0.4 is 5.32 Å². The number of H-pyrrole nitrogens is 1. The molecule has 1 amide bonds. The summed E-state index contributed by atoms with van der Waals surface area (Å²) < 4.78 is 0. The van der Waals surface area contributed by atoms with Crippen molar-refractivity contribution < 1.29 is 9.90 Å². The van der Waals surface area contributed by atoms with E-state index < -0.39 is 6.10 Å². The zero-order chi connectivity index (χ0) is 14.9. The van der Waals surface area contributed by atoms with Crippen LogP contribution >= 0.6 is 0 Å². The van der Waals surface area contributed by atoms with Crippen molar-refractivity contribution in [3.63, 3.8) is 0 Å². The molecular formula is C16H22N2O2. The highest BCUT2D eigenvalue weighted by Crippen LogP contribution is 2.22. The Labute approximate surface area is 119 Å². The van der Waals surface area contributed by atoms with Crippen LogP contribution in [0.1, 0.15) is 35.5 Å². The Kier molecular flexibility index (Phi) is 4.14. The van der Waals surface area contributed by atoms with Crippen LogP contribution in [0.15, 0.2) is 18.2 Å². The first kappa shape index (κ1) is 14.6. The molecule has 108 valence electrons. The van der Waals surface area contributed by atoms with Gasteiger partial charge in [0.2, 0.25) is 0 Å². The summed E-state index contributed by atoms with van der Waals surface area (Å²) in [5.41, 5.74) is 3.64. The Morgan fingerprint density at radius 2 is 2.05 bits per heavy atom. The molecule has 0 saturated heterocycles. The summed E-state index contributed by atoms with van der Waals surface area (Å²) in [5.74, 6) is -0.0437. The molecule has 2 aromatic rings. The quantitative estimate of drug-likeness (QED) is 0.802. The first-order valence-corrected chi connectivity index (χ1v) is 6.95. The fourth-order valence-corrected chi connectivity index (χ4v) is 2.19. The number of aryl methyl sites for hydroxylation is 2. The summed E-state index contributed by atoms with van der Waals surface area (Å²) in [4.78, 5) is 15.3. The van der Waals surface area contributed by atoms with Gasteiger partial charge in [0.05, 0.1) is 6.10 Å². The third kappa shape index (κ3) is 2.85. The molecule has 1 aromatic heterocycles. The normalized spacial score (nSPS) is 12.9. The van der Waals surface area contributed by atoms with Gasteiger partial charge in [-0.15, -0.1) is 0 Å². The highest BCUT2D eigenvalue weighted by Gasteiger charge is 2.16. The smallest absolute Gasteiger partial charge is 0.268 e. The van der Waals surface area contributed by atoms with E-state index in [-0.39, 0.29) is 18.4 Å². The number of aromatic nitrogens is 1. The van der Waals surface area contributed by atoms with Gasteiger partial charge in [-0.2, -0.15) is 0 Å². The second kappa shape index (κ2) is 5.67. The third-order valence-corrected chi connectivity index (χ3v) is 3.68. The van der Waals surface area contributed by atoms with Crippen LogP contribution in [-0.2, 0) is 0 Å². The molecular weight excluding hydrogens is 252 g/mol. The van der Waals surface area contributed by atoms with Gasteiger partial charge >= 0.3 is 0 Å². The number of fused-ring (bicyclic) bond motifs is 1. The Morgan fingerprint density at radius 3 is 2.70 bits per heavy atom. The summed E-state index contributed by atoms with van der Waals surface area (Å²) in [6.45, 7) is 8.09. The van der Waals surface area contributed by atoms with Crippen LogP contribution in [0.5, 0.6) is 0 Å². The van der Waals surface area contributed by atoms with E-state index in [2.05, 4.69) is 16.4 Å². The van der Waals surface area contributed by atoms with Crippen LogP contribution in [0, 0.1) is 19.8 Å². The predicted molar refractivity (Wildman–Crippen MR) is 81.0 cm³/mol. The number of aliphatic hydroxyl groups is 1. The maximum atomic E-state index is 12.2. The van der Waals surface area contributed by atoms with Gasteiger partial charge in [0.1, 0.15) is 5.69 Å². The van der Waals surface area contributed by atoms with E-state index in [1.807, 2.05) is 39.8 Å². The fourth-order valence-electron chi connectivity index (χ4n) is 2.19. The lowest BCUT2D eigenvalue weighted by Gasteiger charge is -2.14. The van der Waals surface area contributed by atoms with Crippen LogP contribution in [0.3, 0.4) is 0 Å². The molecule has 4 nitrogen and oxygen atoms in total. The van der Waals surface area contributed by atoms with Crippen molar-refractivity contribution in [1.82, 2.24) is 10.3 Å². The number of amides is 1. The molecule has 0 bridgehead atoms. The molecule has 0 aliphatic carbocycles. The second-order valence-corrected chi connectivity index (χ2v) is 5.70. The minimum Gasteiger partial charge on any atom is -0.391 e. The molecule has 0 aliphatic rings. The maximum absolute atomic E-state index is 12.2. The first-order valence-electron chi connectivity index (χ1n) is 6.95. The molecule has 0 aliphatic heterocycles. The van der Waals surface area contributed by atoms with Gasteiger partial charge in [-0.3, -0.25) is 4.79 Å². The second-order valence-electron chi connectivity index (χ2n) is 5.70. The zero-order valence-corrected chi connectivity index (χ0v) is 12.4. The number of carbonyl (C=O) groups is 1. The highest BCUT2D eigenvalue weighted by atomic mass is 16.3. The fraction of sp³-hybridized carbons (Fsp3) is 0.438. The number of hydrogen-bond donors (Lipinski definition) is 3. The minimum atomic E-state index is -0.522. The topological polar surface area (TPSA) is 65.1 Å². The van der Waals surface area contributed by atoms with Crippen molar-refractivity contribution in [3.8, 4) is 0 Å². The van der Waals surface area contributed by atoms with E-state index in [9.17, 15) is 9.90 Å². The number of aromatic amines is 1. The van der Waals surface area contributed by atoms with E-state index in [4.69, 9.17) is 0 Å². The lowest BCUT2D eigenvalue weighted by Crippen LogP contribution is -2.35. The molecule has 0 fully saturated rings. The average Bonchev–Trinajstić information content (AvgIpc) is 2.73.